The Labute approximate surface area is 167 Å². The molecule has 0 spiro atoms. The van der Waals surface area contributed by atoms with E-state index in [1.165, 1.54) is 0 Å². The van der Waals surface area contributed by atoms with E-state index in [9.17, 15) is 4.79 Å². The molecule has 0 saturated carbocycles. The van der Waals surface area contributed by atoms with E-state index in [-0.39, 0.29) is 12.7 Å². The molecule has 8 nitrogen and oxygen atoms in total. The Hall–Kier alpha value is -3.55. The molecule has 0 radical (unpaired) electrons. The van der Waals surface area contributed by atoms with Gasteiger partial charge in [-0.05, 0) is 24.3 Å². The lowest BCUT2D eigenvalue weighted by Gasteiger charge is -2.20. The minimum absolute atomic E-state index is 0.0128. The highest BCUT2D eigenvalue weighted by Gasteiger charge is 2.24. The molecule has 2 aliphatic heterocycles. The van der Waals surface area contributed by atoms with Crippen LogP contribution in [-0.2, 0) is 13.0 Å². The minimum Gasteiger partial charge on any atom is -0.481 e. The van der Waals surface area contributed by atoms with Gasteiger partial charge in [-0.15, -0.1) is 0 Å². The van der Waals surface area contributed by atoms with E-state index in [0.717, 1.165) is 17.1 Å². The van der Waals surface area contributed by atoms with Gasteiger partial charge in [-0.3, -0.25) is 4.79 Å². The quantitative estimate of drug-likeness (QED) is 0.681. The number of ether oxygens (including phenoxy) is 3. The van der Waals surface area contributed by atoms with E-state index in [1.54, 1.807) is 31.5 Å². The molecule has 0 fully saturated rings. The van der Waals surface area contributed by atoms with Crippen LogP contribution < -0.4 is 14.2 Å². The van der Waals surface area contributed by atoms with Crippen molar-refractivity contribution in [1.82, 2.24) is 19.4 Å². The Morgan fingerprint density at radius 1 is 1.07 bits per heavy atom. The Balaban J connectivity index is 1.37. The SMILES string of the molecule is COc1cc(-c2cnc3n2CCN(C(=O)c2ccc4c(c2)OCO4)CC3)ccn1. The lowest BCUT2D eigenvalue weighted by Crippen LogP contribution is -2.33. The highest BCUT2D eigenvalue weighted by atomic mass is 16.7. The number of carbonyl (C=O) groups excluding carboxylic acids is 1. The van der Waals surface area contributed by atoms with Crippen molar-refractivity contribution in [3.05, 3.63) is 54.1 Å². The van der Waals surface area contributed by atoms with Crippen LogP contribution in [0, 0.1) is 0 Å². The lowest BCUT2D eigenvalue weighted by molar-refractivity contribution is 0.0758. The van der Waals surface area contributed by atoms with Crippen LogP contribution in [0.25, 0.3) is 11.3 Å². The smallest absolute Gasteiger partial charge is 0.254 e. The van der Waals surface area contributed by atoms with E-state index in [1.807, 2.05) is 23.2 Å². The van der Waals surface area contributed by atoms with Crippen LogP contribution in [0.15, 0.2) is 42.7 Å². The first kappa shape index (κ1) is 17.5. The average Bonchev–Trinajstić information content (AvgIpc) is 3.34. The Morgan fingerprint density at radius 3 is 2.86 bits per heavy atom. The summed E-state index contributed by atoms with van der Waals surface area (Å²) in [4.78, 5) is 23.7. The molecule has 0 bridgehead atoms. The first-order chi connectivity index (χ1) is 14.2. The molecule has 0 aliphatic carbocycles. The number of amides is 1. The molecule has 0 atom stereocenters. The molecule has 1 aromatic carbocycles. The maximum Gasteiger partial charge on any atom is 0.254 e. The molecular weight excluding hydrogens is 372 g/mol. The average molecular weight is 392 g/mol. The van der Waals surface area contributed by atoms with Crippen LogP contribution in [-0.4, -0.2) is 52.3 Å². The van der Waals surface area contributed by atoms with Crippen molar-refractivity contribution in [2.45, 2.75) is 13.0 Å². The number of pyridine rings is 1. The molecule has 1 amide bonds. The van der Waals surface area contributed by atoms with Crippen molar-refractivity contribution in [1.29, 1.82) is 0 Å². The van der Waals surface area contributed by atoms with E-state index in [4.69, 9.17) is 14.2 Å². The normalized spacial score (nSPS) is 15.0. The zero-order chi connectivity index (χ0) is 19.8. The van der Waals surface area contributed by atoms with Gasteiger partial charge in [0.1, 0.15) is 5.82 Å². The highest BCUT2D eigenvalue weighted by Crippen LogP contribution is 2.33. The molecule has 2 aliphatic rings. The maximum absolute atomic E-state index is 13.0. The summed E-state index contributed by atoms with van der Waals surface area (Å²) in [5.74, 6) is 2.81. The van der Waals surface area contributed by atoms with Crippen LogP contribution in [0.1, 0.15) is 16.2 Å². The van der Waals surface area contributed by atoms with Gasteiger partial charge >= 0.3 is 0 Å². The van der Waals surface area contributed by atoms with Gasteiger partial charge < -0.3 is 23.7 Å². The molecule has 4 heterocycles. The van der Waals surface area contributed by atoms with Crippen LogP contribution >= 0.6 is 0 Å². The van der Waals surface area contributed by atoms with Gasteiger partial charge in [0, 0.05) is 49.4 Å². The summed E-state index contributed by atoms with van der Waals surface area (Å²) < 4.78 is 18.1. The second-order valence-corrected chi connectivity index (χ2v) is 6.91. The lowest BCUT2D eigenvalue weighted by atomic mass is 10.1. The number of carbonyl (C=O) groups is 1. The standard InChI is InChI=1S/C21H20N4O4/c1-27-20-11-14(4-6-22-20)16-12-23-19-5-7-24(8-9-25(16)19)21(26)15-2-3-17-18(10-15)29-13-28-17/h2-4,6,10-12H,5,7-9,13H2,1H3. The fourth-order valence-corrected chi connectivity index (χ4v) is 3.76. The fraction of sp³-hybridized carbons (Fsp3) is 0.286. The van der Waals surface area contributed by atoms with E-state index in [0.29, 0.717) is 49.0 Å². The molecule has 3 aromatic rings. The van der Waals surface area contributed by atoms with E-state index in [2.05, 4.69) is 14.5 Å². The molecule has 148 valence electrons. The second-order valence-electron chi connectivity index (χ2n) is 6.91. The summed E-state index contributed by atoms with van der Waals surface area (Å²) >= 11 is 0. The number of benzene rings is 1. The molecule has 0 saturated heterocycles. The van der Waals surface area contributed by atoms with Crippen molar-refractivity contribution in [3.63, 3.8) is 0 Å². The van der Waals surface area contributed by atoms with Crippen LogP contribution in [0.5, 0.6) is 17.4 Å². The summed E-state index contributed by atoms with van der Waals surface area (Å²) in [7, 11) is 1.60. The number of hydrogen-bond donors (Lipinski definition) is 0. The second kappa shape index (κ2) is 7.12. The first-order valence-electron chi connectivity index (χ1n) is 9.46. The van der Waals surface area contributed by atoms with Crippen molar-refractivity contribution in [2.75, 3.05) is 27.0 Å². The van der Waals surface area contributed by atoms with E-state index < -0.39 is 0 Å². The molecule has 5 rings (SSSR count). The molecular formula is C21H20N4O4. The summed E-state index contributed by atoms with van der Waals surface area (Å²) in [6, 6.07) is 9.15. The first-order valence-corrected chi connectivity index (χ1v) is 9.46. The van der Waals surface area contributed by atoms with Crippen LogP contribution in [0.3, 0.4) is 0 Å². The maximum atomic E-state index is 13.0. The molecule has 8 heteroatoms. The van der Waals surface area contributed by atoms with Gasteiger partial charge in [0.05, 0.1) is 19.0 Å². The Kier molecular flexibility index (Phi) is 4.31. The number of imidazole rings is 1. The van der Waals surface area contributed by atoms with Crippen molar-refractivity contribution >= 4 is 5.91 Å². The predicted octanol–water partition coefficient (Wildman–Crippen LogP) is 2.38. The molecule has 29 heavy (non-hydrogen) atoms. The Bertz CT molecular complexity index is 1080. The van der Waals surface area contributed by atoms with Crippen LogP contribution in [0.2, 0.25) is 0 Å². The summed E-state index contributed by atoms with van der Waals surface area (Å²) in [5.41, 5.74) is 2.59. The number of aromatic nitrogens is 3. The van der Waals surface area contributed by atoms with Crippen molar-refractivity contribution in [3.8, 4) is 28.6 Å². The number of hydrogen-bond acceptors (Lipinski definition) is 6. The largest absolute Gasteiger partial charge is 0.481 e. The monoisotopic (exact) mass is 392 g/mol. The van der Waals surface area contributed by atoms with Gasteiger partial charge in [-0.1, -0.05) is 0 Å². The van der Waals surface area contributed by atoms with Gasteiger partial charge in [-0.25, -0.2) is 9.97 Å². The predicted molar refractivity (Wildman–Crippen MR) is 104 cm³/mol. The van der Waals surface area contributed by atoms with Crippen molar-refractivity contribution in [2.24, 2.45) is 0 Å². The third-order valence-electron chi connectivity index (χ3n) is 5.28. The van der Waals surface area contributed by atoms with Crippen LogP contribution in [0.4, 0.5) is 0 Å². The number of methoxy groups -OCH3 is 1. The molecule has 0 unspecified atom stereocenters. The zero-order valence-corrected chi connectivity index (χ0v) is 16.0. The van der Waals surface area contributed by atoms with Crippen molar-refractivity contribution < 1.29 is 19.0 Å². The topological polar surface area (TPSA) is 78.7 Å². The zero-order valence-electron chi connectivity index (χ0n) is 16.0. The molecule has 2 aromatic heterocycles. The van der Waals surface area contributed by atoms with Gasteiger partial charge in [-0.2, -0.15) is 0 Å². The third kappa shape index (κ3) is 3.16. The summed E-state index contributed by atoms with van der Waals surface area (Å²) in [5, 5.41) is 0. The van der Waals surface area contributed by atoms with Gasteiger partial charge in [0.15, 0.2) is 11.5 Å². The minimum atomic E-state index is -0.0128. The third-order valence-corrected chi connectivity index (χ3v) is 5.28. The highest BCUT2D eigenvalue weighted by molar-refractivity contribution is 5.95. The number of rotatable bonds is 3. The van der Waals surface area contributed by atoms with E-state index >= 15 is 0 Å². The van der Waals surface area contributed by atoms with Gasteiger partial charge in [0.2, 0.25) is 12.7 Å². The van der Waals surface area contributed by atoms with Gasteiger partial charge in [0.25, 0.3) is 5.91 Å². The number of nitrogens with zero attached hydrogens (tertiary/aromatic N) is 4. The fourth-order valence-electron chi connectivity index (χ4n) is 3.76. The summed E-state index contributed by atoms with van der Waals surface area (Å²) in [6.45, 7) is 2.08. The molecule has 0 N–H and O–H groups in total. The summed E-state index contributed by atoms with van der Waals surface area (Å²) in [6.07, 6.45) is 4.29. The Morgan fingerprint density at radius 2 is 1.97 bits per heavy atom. The number of fused-ring (bicyclic) bond motifs is 2.